The number of fused-ring (bicyclic) bond motifs is 7. The molecule has 5 fully saturated rings. The van der Waals surface area contributed by atoms with Crippen LogP contribution in [0.2, 0.25) is 0 Å². The molecular formula is C28H46O. The van der Waals surface area contributed by atoms with Gasteiger partial charge < -0.3 is 5.11 Å². The summed E-state index contributed by atoms with van der Waals surface area (Å²) in [5.74, 6) is 4.14. The molecule has 0 spiro atoms. The Kier molecular flexibility index (Phi) is 4.52. The van der Waals surface area contributed by atoms with Crippen LogP contribution in [0.25, 0.3) is 0 Å². The maximum absolute atomic E-state index is 10.4. The Morgan fingerprint density at radius 2 is 1.59 bits per heavy atom. The minimum absolute atomic E-state index is 0.0328. The lowest BCUT2D eigenvalue weighted by Crippen LogP contribution is -2.64. The second-order valence-corrected chi connectivity index (χ2v) is 13.4. The van der Waals surface area contributed by atoms with Crippen LogP contribution in [-0.4, -0.2) is 11.2 Å². The minimum atomic E-state index is -0.0328. The van der Waals surface area contributed by atoms with E-state index in [0.29, 0.717) is 21.7 Å². The van der Waals surface area contributed by atoms with Gasteiger partial charge in [0.05, 0.1) is 6.10 Å². The fourth-order valence-electron chi connectivity index (χ4n) is 10.6. The van der Waals surface area contributed by atoms with Gasteiger partial charge in [0.25, 0.3) is 0 Å². The average Bonchev–Trinajstić information content (AvgIpc) is 3.01. The Morgan fingerprint density at radius 3 is 2.31 bits per heavy atom. The van der Waals surface area contributed by atoms with Crippen LogP contribution >= 0.6 is 0 Å². The van der Waals surface area contributed by atoms with Gasteiger partial charge in [-0.1, -0.05) is 39.8 Å². The van der Waals surface area contributed by atoms with Crippen LogP contribution < -0.4 is 0 Å². The average molecular weight is 399 g/mol. The number of hydrogen-bond acceptors (Lipinski definition) is 1. The van der Waals surface area contributed by atoms with Gasteiger partial charge >= 0.3 is 0 Å². The molecule has 0 saturated heterocycles. The van der Waals surface area contributed by atoms with Gasteiger partial charge in [0.2, 0.25) is 0 Å². The van der Waals surface area contributed by atoms with Crippen molar-refractivity contribution in [1.82, 2.24) is 0 Å². The molecule has 5 aliphatic rings. The molecule has 5 rings (SSSR count). The summed E-state index contributed by atoms with van der Waals surface area (Å²) in [4.78, 5) is 0. The molecule has 0 heterocycles. The van der Waals surface area contributed by atoms with Crippen molar-refractivity contribution in [1.29, 1.82) is 0 Å². The SMILES string of the molecule is C=C(C)C1CCC2(C)CCC3(C)C(CCC4C5(C)CCC(O)CC5CCC43C)C12. The number of hydrogen-bond donors (Lipinski definition) is 1. The number of aliphatic hydroxyl groups is 1. The predicted molar refractivity (Wildman–Crippen MR) is 121 cm³/mol. The Balaban J connectivity index is 1.53. The van der Waals surface area contributed by atoms with Crippen molar-refractivity contribution in [3.63, 3.8) is 0 Å². The summed E-state index contributed by atoms with van der Waals surface area (Å²) in [5.41, 5.74) is 3.46. The molecule has 0 bridgehead atoms. The van der Waals surface area contributed by atoms with Crippen molar-refractivity contribution in [3.05, 3.63) is 12.2 Å². The lowest BCUT2D eigenvalue weighted by molar-refractivity contribution is -0.226. The Hall–Kier alpha value is -0.300. The van der Waals surface area contributed by atoms with Crippen LogP contribution in [0.5, 0.6) is 0 Å². The van der Waals surface area contributed by atoms with Crippen LogP contribution in [-0.2, 0) is 0 Å². The smallest absolute Gasteiger partial charge is 0.0543 e. The van der Waals surface area contributed by atoms with Gasteiger partial charge in [0, 0.05) is 0 Å². The highest BCUT2D eigenvalue weighted by atomic mass is 16.3. The van der Waals surface area contributed by atoms with Crippen molar-refractivity contribution >= 4 is 0 Å². The number of allylic oxidation sites excluding steroid dienone is 1. The normalized spacial score (nSPS) is 59.2. The largest absolute Gasteiger partial charge is 0.393 e. The molecular weight excluding hydrogens is 352 g/mol. The standard InChI is InChI=1S/C28H46O/c1-18(2)21-11-12-25(3)15-16-27(5)22(24(21)25)7-8-23-26(4)13-10-20(29)17-19(26)9-14-28(23,27)6/h19-24,29H,1,7-17H2,2-6H3. The van der Waals surface area contributed by atoms with E-state index in [1.807, 2.05) is 0 Å². The molecule has 0 radical (unpaired) electrons. The highest BCUT2D eigenvalue weighted by Crippen LogP contribution is 2.76. The van der Waals surface area contributed by atoms with E-state index in [2.05, 4.69) is 41.2 Å². The highest BCUT2D eigenvalue weighted by Gasteiger charge is 2.68. The van der Waals surface area contributed by atoms with Crippen molar-refractivity contribution in [2.45, 2.75) is 111 Å². The van der Waals surface area contributed by atoms with Gasteiger partial charge in [0.1, 0.15) is 0 Å². The zero-order valence-electron chi connectivity index (χ0n) is 19.9. The van der Waals surface area contributed by atoms with E-state index in [1.54, 1.807) is 0 Å². The zero-order valence-corrected chi connectivity index (χ0v) is 19.9. The third kappa shape index (κ3) is 2.55. The lowest BCUT2D eigenvalue weighted by Gasteiger charge is -2.71. The van der Waals surface area contributed by atoms with Gasteiger partial charge in [-0.3, -0.25) is 0 Å². The summed E-state index contributed by atoms with van der Waals surface area (Å²) in [7, 11) is 0. The van der Waals surface area contributed by atoms with Crippen LogP contribution in [0.3, 0.4) is 0 Å². The van der Waals surface area contributed by atoms with Crippen molar-refractivity contribution < 1.29 is 5.11 Å². The van der Waals surface area contributed by atoms with E-state index in [9.17, 15) is 5.11 Å². The van der Waals surface area contributed by atoms with Gasteiger partial charge in [-0.05, 0) is 129 Å². The monoisotopic (exact) mass is 398 g/mol. The first kappa shape index (κ1) is 20.6. The first-order chi connectivity index (χ1) is 13.6. The molecule has 10 unspecified atom stereocenters. The van der Waals surface area contributed by atoms with E-state index in [-0.39, 0.29) is 6.10 Å². The molecule has 5 saturated carbocycles. The van der Waals surface area contributed by atoms with E-state index in [0.717, 1.165) is 42.4 Å². The zero-order chi connectivity index (χ0) is 20.8. The van der Waals surface area contributed by atoms with Gasteiger partial charge in [0.15, 0.2) is 0 Å². The summed E-state index contributed by atoms with van der Waals surface area (Å²) < 4.78 is 0. The summed E-state index contributed by atoms with van der Waals surface area (Å²) >= 11 is 0. The maximum Gasteiger partial charge on any atom is 0.0543 e. The molecule has 0 aromatic heterocycles. The number of rotatable bonds is 1. The highest BCUT2D eigenvalue weighted by molar-refractivity contribution is 5.20. The third-order valence-electron chi connectivity index (χ3n) is 12.5. The lowest BCUT2D eigenvalue weighted by atomic mass is 9.33. The summed E-state index contributed by atoms with van der Waals surface area (Å²) in [6, 6.07) is 0. The second-order valence-electron chi connectivity index (χ2n) is 13.4. The summed E-state index contributed by atoms with van der Waals surface area (Å²) in [6.45, 7) is 17.5. The molecule has 5 aliphatic carbocycles. The Morgan fingerprint density at radius 1 is 0.828 bits per heavy atom. The van der Waals surface area contributed by atoms with Crippen LogP contribution in [0.4, 0.5) is 0 Å². The predicted octanol–water partition coefficient (Wildman–Crippen LogP) is 7.39. The van der Waals surface area contributed by atoms with E-state index < -0.39 is 0 Å². The first-order valence-corrected chi connectivity index (χ1v) is 12.9. The van der Waals surface area contributed by atoms with Crippen LogP contribution in [0.1, 0.15) is 105 Å². The molecule has 1 heteroatoms. The molecule has 10 atom stereocenters. The Bertz CT molecular complexity index is 696. The molecule has 29 heavy (non-hydrogen) atoms. The maximum atomic E-state index is 10.4. The molecule has 0 aromatic carbocycles. The van der Waals surface area contributed by atoms with Gasteiger partial charge in [-0.25, -0.2) is 0 Å². The quantitative estimate of drug-likeness (QED) is 0.456. The number of aliphatic hydroxyl groups excluding tert-OH is 1. The molecule has 0 amide bonds. The fourth-order valence-corrected chi connectivity index (χ4v) is 10.6. The Labute approximate surface area is 180 Å². The summed E-state index contributed by atoms with van der Waals surface area (Å²) in [5, 5.41) is 10.4. The van der Waals surface area contributed by atoms with Gasteiger partial charge in [-0.2, -0.15) is 0 Å². The van der Waals surface area contributed by atoms with E-state index in [4.69, 9.17) is 0 Å². The molecule has 0 aromatic rings. The van der Waals surface area contributed by atoms with E-state index in [1.165, 1.54) is 63.4 Å². The minimum Gasteiger partial charge on any atom is -0.393 e. The van der Waals surface area contributed by atoms with Gasteiger partial charge in [-0.15, -0.1) is 0 Å². The van der Waals surface area contributed by atoms with Crippen molar-refractivity contribution in [2.24, 2.45) is 51.2 Å². The first-order valence-electron chi connectivity index (χ1n) is 12.9. The molecule has 0 aliphatic heterocycles. The topological polar surface area (TPSA) is 20.2 Å². The van der Waals surface area contributed by atoms with Crippen LogP contribution in [0.15, 0.2) is 12.2 Å². The van der Waals surface area contributed by atoms with Crippen molar-refractivity contribution in [2.75, 3.05) is 0 Å². The molecule has 1 nitrogen and oxygen atoms in total. The molecule has 164 valence electrons. The molecule has 1 N–H and O–H groups in total. The second kappa shape index (κ2) is 6.36. The van der Waals surface area contributed by atoms with E-state index >= 15 is 0 Å². The summed E-state index contributed by atoms with van der Waals surface area (Å²) in [6.07, 6.45) is 14.7. The van der Waals surface area contributed by atoms with Crippen LogP contribution in [0, 0.1) is 51.2 Å². The fraction of sp³-hybridized carbons (Fsp3) is 0.929. The third-order valence-corrected chi connectivity index (χ3v) is 12.5. The van der Waals surface area contributed by atoms with Crippen molar-refractivity contribution in [3.8, 4) is 0 Å².